The molecule has 0 aliphatic heterocycles. The van der Waals surface area contributed by atoms with E-state index in [2.05, 4.69) is 15.1 Å². The van der Waals surface area contributed by atoms with Crippen LogP contribution in [0.1, 0.15) is 27.8 Å². The van der Waals surface area contributed by atoms with Gasteiger partial charge in [-0.15, -0.1) is 5.10 Å². The molecular weight excluding hydrogens is 334 g/mol. The van der Waals surface area contributed by atoms with Crippen LogP contribution in [0, 0.1) is 20.8 Å². The van der Waals surface area contributed by atoms with Crippen molar-refractivity contribution < 1.29 is 4.79 Å². The molecule has 1 amide bonds. The van der Waals surface area contributed by atoms with Gasteiger partial charge in [0.1, 0.15) is 5.25 Å². The van der Waals surface area contributed by atoms with Gasteiger partial charge in [0, 0.05) is 25.5 Å². The lowest BCUT2D eigenvalue weighted by Gasteiger charge is -2.19. The first-order valence-corrected chi connectivity index (χ1v) is 8.89. The third kappa shape index (κ3) is 3.37. The van der Waals surface area contributed by atoms with Crippen LogP contribution in [-0.2, 0) is 4.79 Å². The molecule has 2 aromatic heterocycles. The number of hydrogen-bond donors (Lipinski definition) is 0. The van der Waals surface area contributed by atoms with E-state index in [1.165, 1.54) is 11.8 Å². The SMILES string of the molecule is Cc1nc2nc(S[C@@H](C(=O)N(C)C)c3ccccc3)nn2c(C)c1C. The van der Waals surface area contributed by atoms with Crippen molar-refractivity contribution >= 4 is 23.4 Å². The van der Waals surface area contributed by atoms with Crippen molar-refractivity contribution in [3.8, 4) is 0 Å². The summed E-state index contributed by atoms with van der Waals surface area (Å²) in [5, 5.41) is 4.71. The van der Waals surface area contributed by atoms with Crippen molar-refractivity contribution in [2.24, 2.45) is 0 Å². The molecular formula is C18H21N5OS. The number of aryl methyl sites for hydroxylation is 2. The van der Waals surface area contributed by atoms with Gasteiger partial charge < -0.3 is 4.90 Å². The summed E-state index contributed by atoms with van der Waals surface area (Å²) in [5.41, 5.74) is 3.98. The molecule has 0 fully saturated rings. The molecule has 0 bridgehead atoms. The fourth-order valence-corrected chi connectivity index (χ4v) is 3.59. The second kappa shape index (κ2) is 6.84. The molecule has 0 N–H and O–H groups in total. The average Bonchev–Trinajstić information content (AvgIpc) is 3.00. The highest BCUT2D eigenvalue weighted by molar-refractivity contribution is 8.00. The molecule has 7 heteroatoms. The van der Waals surface area contributed by atoms with Gasteiger partial charge in [0.05, 0.1) is 0 Å². The summed E-state index contributed by atoms with van der Waals surface area (Å²) in [5.74, 6) is 0.569. The molecule has 1 aromatic carbocycles. The summed E-state index contributed by atoms with van der Waals surface area (Å²) >= 11 is 1.35. The molecule has 130 valence electrons. The predicted octanol–water partition coefficient (Wildman–Crippen LogP) is 2.97. The number of nitrogens with zero attached hydrogens (tertiary/aromatic N) is 5. The first-order chi connectivity index (χ1) is 11.9. The number of rotatable bonds is 4. The van der Waals surface area contributed by atoms with E-state index in [-0.39, 0.29) is 5.91 Å². The molecule has 3 rings (SSSR count). The smallest absolute Gasteiger partial charge is 0.253 e. The van der Waals surface area contributed by atoms with Gasteiger partial charge in [0.15, 0.2) is 0 Å². The molecule has 2 heterocycles. The number of benzene rings is 1. The van der Waals surface area contributed by atoms with E-state index < -0.39 is 5.25 Å². The van der Waals surface area contributed by atoms with E-state index >= 15 is 0 Å². The van der Waals surface area contributed by atoms with E-state index in [1.807, 2.05) is 51.1 Å². The Bertz CT molecular complexity index is 920. The van der Waals surface area contributed by atoms with E-state index in [0.717, 1.165) is 22.5 Å². The van der Waals surface area contributed by atoms with Gasteiger partial charge in [0.2, 0.25) is 11.1 Å². The Kier molecular flexibility index (Phi) is 4.76. The Balaban J connectivity index is 2.01. The minimum absolute atomic E-state index is 0.00657. The zero-order valence-corrected chi connectivity index (χ0v) is 15.8. The van der Waals surface area contributed by atoms with Crippen LogP contribution in [0.2, 0.25) is 0 Å². The van der Waals surface area contributed by atoms with Gasteiger partial charge in [-0.25, -0.2) is 9.50 Å². The highest BCUT2D eigenvalue weighted by atomic mass is 32.2. The van der Waals surface area contributed by atoms with Crippen LogP contribution in [0.25, 0.3) is 5.78 Å². The Hall–Kier alpha value is -2.41. The maximum Gasteiger partial charge on any atom is 0.253 e. The molecule has 0 aliphatic carbocycles. The minimum atomic E-state index is -0.392. The molecule has 6 nitrogen and oxygen atoms in total. The predicted molar refractivity (Wildman–Crippen MR) is 98.7 cm³/mol. The molecule has 0 aliphatic rings. The van der Waals surface area contributed by atoms with Crippen LogP contribution in [0.4, 0.5) is 0 Å². The number of likely N-dealkylation sites (N-methyl/N-ethyl adjacent to an activating group) is 1. The number of carbonyl (C=O) groups excluding carboxylic acids is 1. The van der Waals surface area contributed by atoms with Crippen molar-refractivity contribution in [2.75, 3.05) is 14.1 Å². The van der Waals surface area contributed by atoms with Gasteiger partial charge >= 0.3 is 0 Å². The molecule has 0 radical (unpaired) electrons. The van der Waals surface area contributed by atoms with Crippen molar-refractivity contribution in [1.82, 2.24) is 24.5 Å². The third-order valence-electron chi connectivity index (χ3n) is 4.23. The highest BCUT2D eigenvalue weighted by Gasteiger charge is 2.26. The summed E-state index contributed by atoms with van der Waals surface area (Å²) < 4.78 is 1.74. The van der Waals surface area contributed by atoms with Gasteiger partial charge in [-0.05, 0) is 31.9 Å². The number of hydrogen-bond acceptors (Lipinski definition) is 5. The largest absolute Gasteiger partial charge is 0.348 e. The van der Waals surface area contributed by atoms with E-state index in [4.69, 9.17) is 0 Å². The summed E-state index contributed by atoms with van der Waals surface area (Å²) in [6, 6.07) is 9.70. The van der Waals surface area contributed by atoms with Crippen LogP contribution < -0.4 is 0 Å². The number of amides is 1. The van der Waals surface area contributed by atoms with Gasteiger partial charge in [-0.3, -0.25) is 4.79 Å². The second-order valence-electron chi connectivity index (χ2n) is 6.16. The van der Waals surface area contributed by atoms with Crippen molar-refractivity contribution in [1.29, 1.82) is 0 Å². The molecule has 3 aromatic rings. The highest BCUT2D eigenvalue weighted by Crippen LogP contribution is 2.35. The standard InChI is InChI=1S/C18H21N5OS/c1-11-12(2)19-17-20-18(21-23(17)13(11)3)25-15(16(24)22(4)5)14-9-7-6-8-10-14/h6-10,15H,1-5H3/t15-/m1/s1. The Morgan fingerprint density at radius 1 is 1.12 bits per heavy atom. The van der Waals surface area contributed by atoms with E-state index in [0.29, 0.717) is 10.9 Å². The second-order valence-corrected chi connectivity index (χ2v) is 7.23. The van der Waals surface area contributed by atoms with Crippen molar-refractivity contribution in [3.63, 3.8) is 0 Å². The van der Waals surface area contributed by atoms with Crippen LogP contribution in [-0.4, -0.2) is 44.5 Å². The van der Waals surface area contributed by atoms with Crippen LogP contribution in [0.5, 0.6) is 0 Å². The first-order valence-electron chi connectivity index (χ1n) is 8.02. The Morgan fingerprint density at radius 2 is 1.80 bits per heavy atom. The third-order valence-corrected chi connectivity index (χ3v) is 5.33. The van der Waals surface area contributed by atoms with Crippen molar-refractivity contribution in [2.45, 2.75) is 31.2 Å². The summed E-state index contributed by atoms with van der Waals surface area (Å²) in [7, 11) is 3.52. The maximum absolute atomic E-state index is 12.7. The molecule has 0 unspecified atom stereocenters. The lowest BCUT2D eigenvalue weighted by molar-refractivity contribution is -0.128. The van der Waals surface area contributed by atoms with Crippen LogP contribution >= 0.6 is 11.8 Å². The summed E-state index contributed by atoms with van der Waals surface area (Å²) in [6.07, 6.45) is 0. The van der Waals surface area contributed by atoms with Gasteiger partial charge in [0.25, 0.3) is 5.78 Å². The van der Waals surface area contributed by atoms with Crippen LogP contribution in [0.15, 0.2) is 35.5 Å². The molecule has 1 atom stereocenters. The minimum Gasteiger partial charge on any atom is -0.348 e. The Morgan fingerprint density at radius 3 is 2.44 bits per heavy atom. The fourth-order valence-electron chi connectivity index (χ4n) is 2.52. The van der Waals surface area contributed by atoms with Crippen molar-refractivity contribution in [3.05, 3.63) is 52.8 Å². The van der Waals surface area contributed by atoms with Gasteiger partial charge in [-0.2, -0.15) is 4.98 Å². The zero-order chi connectivity index (χ0) is 18.1. The summed E-state index contributed by atoms with van der Waals surface area (Å²) in [4.78, 5) is 23.3. The quantitative estimate of drug-likeness (QED) is 0.673. The lowest BCUT2D eigenvalue weighted by atomic mass is 10.1. The first kappa shape index (κ1) is 17.4. The topological polar surface area (TPSA) is 63.4 Å². The molecule has 0 saturated heterocycles. The van der Waals surface area contributed by atoms with E-state index in [1.54, 1.807) is 23.5 Å². The number of carbonyl (C=O) groups is 1. The van der Waals surface area contributed by atoms with Crippen LogP contribution in [0.3, 0.4) is 0 Å². The summed E-state index contributed by atoms with van der Waals surface area (Å²) in [6.45, 7) is 5.99. The molecule has 25 heavy (non-hydrogen) atoms. The fraction of sp³-hybridized carbons (Fsp3) is 0.333. The number of thioether (sulfide) groups is 1. The number of aromatic nitrogens is 4. The lowest BCUT2D eigenvalue weighted by Crippen LogP contribution is -2.26. The maximum atomic E-state index is 12.7. The molecule has 0 saturated carbocycles. The molecule has 0 spiro atoms. The van der Waals surface area contributed by atoms with E-state index in [9.17, 15) is 4.79 Å². The van der Waals surface area contributed by atoms with Gasteiger partial charge in [-0.1, -0.05) is 42.1 Å². The zero-order valence-electron chi connectivity index (χ0n) is 15.0. The monoisotopic (exact) mass is 355 g/mol. The average molecular weight is 355 g/mol. The normalized spacial score (nSPS) is 12.4. The Labute approximate surface area is 151 Å². The number of fused-ring (bicyclic) bond motifs is 1.